The molecule has 0 bridgehead atoms. The van der Waals surface area contributed by atoms with Gasteiger partial charge in [0.25, 0.3) is 0 Å². The van der Waals surface area contributed by atoms with Crippen molar-refractivity contribution in [2.75, 3.05) is 6.61 Å². The molecular weight excluding hydrogens is 294 g/mol. The van der Waals surface area contributed by atoms with Gasteiger partial charge in [-0.05, 0) is 50.2 Å². The molecule has 0 atom stereocenters. The minimum Gasteiger partial charge on any atom is -0.492 e. The Bertz CT molecular complexity index is 707. The molecule has 1 aromatic carbocycles. The summed E-state index contributed by atoms with van der Waals surface area (Å²) in [7, 11) is 0. The van der Waals surface area contributed by atoms with Gasteiger partial charge in [0.2, 0.25) is 0 Å². The van der Waals surface area contributed by atoms with Gasteiger partial charge in [0.15, 0.2) is 0 Å². The molecule has 0 aliphatic carbocycles. The number of aromatic nitrogens is 1. The van der Waals surface area contributed by atoms with E-state index in [1.165, 1.54) is 0 Å². The van der Waals surface area contributed by atoms with Crippen molar-refractivity contribution in [1.82, 2.24) is 4.98 Å². The zero-order chi connectivity index (χ0) is 17.0. The highest BCUT2D eigenvalue weighted by molar-refractivity contribution is 5.94. The molecule has 0 radical (unpaired) electrons. The molecule has 120 valence electrons. The second-order valence-electron chi connectivity index (χ2n) is 5.85. The molecule has 0 spiro atoms. The molecule has 6 heteroatoms. The number of carboxylic acids is 1. The van der Waals surface area contributed by atoms with Gasteiger partial charge < -0.3 is 15.6 Å². The number of nitrogen functional groups attached to an aromatic ring is 1. The lowest BCUT2D eigenvalue weighted by molar-refractivity contribution is -0.148. The zero-order valence-electron chi connectivity index (χ0n) is 13.0. The first-order chi connectivity index (χ1) is 10.8. The number of ether oxygens (including phenoxy) is 1. The third-order valence-corrected chi connectivity index (χ3v) is 3.40. The van der Waals surface area contributed by atoms with Crippen LogP contribution in [0, 0.1) is 10.8 Å². The smallest absolute Gasteiger partial charge is 0.312 e. The van der Waals surface area contributed by atoms with Crippen LogP contribution in [0.2, 0.25) is 0 Å². The van der Waals surface area contributed by atoms with Crippen molar-refractivity contribution < 1.29 is 14.6 Å². The number of pyridine rings is 1. The van der Waals surface area contributed by atoms with Crippen molar-refractivity contribution in [2.45, 2.75) is 13.8 Å². The third kappa shape index (κ3) is 4.06. The summed E-state index contributed by atoms with van der Waals surface area (Å²) in [6, 6.07) is 10.8. The fraction of sp³-hybridized carbons (Fsp3) is 0.235. The third-order valence-electron chi connectivity index (χ3n) is 3.40. The maximum atomic E-state index is 11.0. The van der Waals surface area contributed by atoms with Gasteiger partial charge in [0.05, 0.1) is 11.1 Å². The minimum absolute atomic E-state index is 0.0196. The number of nitrogens with two attached hydrogens (primary N) is 1. The van der Waals surface area contributed by atoms with Crippen LogP contribution in [0.25, 0.3) is 11.3 Å². The van der Waals surface area contributed by atoms with Crippen LogP contribution in [0.5, 0.6) is 5.75 Å². The molecule has 0 saturated carbocycles. The van der Waals surface area contributed by atoms with Crippen LogP contribution in [-0.4, -0.2) is 28.5 Å². The molecule has 0 amide bonds. The molecule has 6 nitrogen and oxygen atoms in total. The lowest BCUT2D eigenvalue weighted by Crippen LogP contribution is -2.30. The fourth-order valence-corrected chi connectivity index (χ4v) is 1.77. The molecule has 0 saturated heterocycles. The maximum absolute atomic E-state index is 11.0. The van der Waals surface area contributed by atoms with Crippen LogP contribution in [0.3, 0.4) is 0 Å². The number of benzene rings is 1. The van der Waals surface area contributed by atoms with Gasteiger partial charge in [0, 0.05) is 17.3 Å². The van der Waals surface area contributed by atoms with E-state index in [0.29, 0.717) is 11.3 Å². The Balaban J connectivity index is 2.07. The predicted octanol–water partition coefficient (Wildman–Crippen LogP) is 2.52. The quantitative estimate of drug-likeness (QED) is 0.561. The summed E-state index contributed by atoms with van der Waals surface area (Å²) in [5, 5.41) is 16.4. The van der Waals surface area contributed by atoms with E-state index in [9.17, 15) is 4.79 Å². The van der Waals surface area contributed by atoms with E-state index in [4.69, 9.17) is 21.0 Å². The second-order valence-corrected chi connectivity index (χ2v) is 5.85. The number of carboxylic acid groups (broad SMARTS) is 1. The van der Waals surface area contributed by atoms with E-state index >= 15 is 0 Å². The lowest BCUT2D eigenvalue weighted by atomic mass is 9.95. The summed E-state index contributed by atoms with van der Waals surface area (Å²) in [5.41, 5.74) is 6.68. The number of aliphatic carboxylic acids is 1. The topological polar surface area (TPSA) is 109 Å². The second kappa shape index (κ2) is 6.48. The average Bonchev–Trinajstić information content (AvgIpc) is 2.53. The average molecular weight is 313 g/mol. The van der Waals surface area contributed by atoms with Gasteiger partial charge in [-0.15, -0.1) is 0 Å². The first kappa shape index (κ1) is 16.5. The van der Waals surface area contributed by atoms with E-state index in [1.807, 2.05) is 12.1 Å². The van der Waals surface area contributed by atoms with Crippen LogP contribution in [-0.2, 0) is 4.79 Å². The minimum atomic E-state index is -0.942. The standard InChI is InChI=1S/C17H19N3O3/c1-17(2,16(21)22)10-23-13-6-3-11(4-7-13)14-8-5-12(9-20-14)15(18)19/h3-9H,10H2,1-2H3,(H3,18,19)(H,21,22). The Labute approximate surface area is 134 Å². The summed E-state index contributed by atoms with van der Waals surface area (Å²) < 4.78 is 5.53. The number of carbonyl (C=O) groups is 1. The normalized spacial score (nSPS) is 11.0. The molecule has 0 aliphatic heterocycles. The number of nitrogens with one attached hydrogen (secondary N) is 1. The highest BCUT2D eigenvalue weighted by atomic mass is 16.5. The summed E-state index contributed by atoms with van der Waals surface area (Å²) in [6.07, 6.45) is 1.55. The highest BCUT2D eigenvalue weighted by Gasteiger charge is 2.28. The molecule has 0 aliphatic rings. The Morgan fingerprint density at radius 1 is 1.26 bits per heavy atom. The zero-order valence-corrected chi connectivity index (χ0v) is 13.0. The molecule has 4 N–H and O–H groups in total. The Hall–Kier alpha value is -2.89. The Morgan fingerprint density at radius 2 is 1.91 bits per heavy atom. The monoisotopic (exact) mass is 313 g/mol. The molecule has 0 fully saturated rings. The van der Waals surface area contributed by atoms with Crippen LogP contribution in [0.15, 0.2) is 42.6 Å². The van der Waals surface area contributed by atoms with Gasteiger partial charge in [-0.3, -0.25) is 15.2 Å². The van der Waals surface area contributed by atoms with Gasteiger partial charge >= 0.3 is 5.97 Å². The molecule has 1 aromatic heterocycles. The van der Waals surface area contributed by atoms with Crippen molar-refractivity contribution >= 4 is 11.8 Å². The lowest BCUT2D eigenvalue weighted by Gasteiger charge is -2.19. The summed E-state index contributed by atoms with van der Waals surface area (Å²) in [6.45, 7) is 3.32. The largest absolute Gasteiger partial charge is 0.492 e. The number of rotatable bonds is 6. The molecule has 2 aromatic rings. The Morgan fingerprint density at radius 3 is 2.39 bits per heavy atom. The number of hydrogen-bond acceptors (Lipinski definition) is 4. The van der Waals surface area contributed by atoms with Crippen molar-refractivity contribution in [3.05, 3.63) is 48.2 Å². The van der Waals surface area contributed by atoms with Crippen molar-refractivity contribution in [3.8, 4) is 17.0 Å². The van der Waals surface area contributed by atoms with E-state index < -0.39 is 11.4 Å². The Kier molecular flexibility index (Phi) is 4.64. The van der Waals surface area contributed by atoms with Crippen LogP contribution in [0.1, 0.15) is 19.4 Å². The summed E-state index contributed by atoms with van der Waals surface area (Å²) >= 11 is 0. The first-order valence-corrected chi connectivity index (χ1v) is 7.07. The number of hydrogen-bond donors (Lipinski definition) is 3. The van der Waals surface area contributed by atoms with Gasteiger partial charge in [-0.2, -0.15) is 0 Å². The van der Waals surface area contributed by atoms with Crippen molar-refractivity contribution in [1.29, 1.82) is 5.41 Å². The maximum Gasteiger partial charge on any atom is 0.312 e. The van der Waals surface area contributed by atoms with Crippen molar-refractivity contribution in [2.24, 2.45) is 11.1 Å². The van der Waals surface area contributed by atoms with Crippen LogP contribution < -0.4 is 10.5 Å². The van der Waals surface area contributed by atoms with Gasteiger partial charge in [0.1, 0.15) is 18.2 Å². The SMILES string of the molecule is CC(C)(COc1ccc(-c2ccc(C(=N)N)cn2)cc1)C(=O)O. The molecular formula is C17H19N3O3. The fourth-order valence-electron chi connectivity index (χ4n) is 1.77. The summed E-state index contributed by atoms with van der Waals surface area (Å²) in [5.74, 6) is -0.318. The summed E-state index contributed by atoms with van der Waals surface area (Å²) in [4.78, 5) is 15.3. The van der Waals surface area contributed by atoms with Gasteiger partial charge in [-0.25, -0.2) is 0 Å². The van der Waals surface area contributed by atoms with Crippen LogP contribution in [0.4, 0.5) is 0 Å². The molecule has 2 rings (SSSR count). The predicted molar refractivity (Wildman–Crippen MR) is 87.6 cm³/mol. The molecule has 0 unspecified atom stereocenters. The number of nitrogens with zero attached hydrogens (tertiary/aromatic N) is 1. The van der Waals surface area contributed by atoms with E-state index in [2.05, 4.69) is 4.98 Å². The first-order valence-electron chi connectivity index (χ1n) is 7.07. The van der Waals surface area contributed by atoms with Crippen LogP contribution >= 0.6 is 0 Å². The molecule has 23 heavy (non-hydrogen) atoms. The molecule has 1 heterocycles. The van der Waals surface area contributed by atoms with E-state index in [0.717, 1.165) is 11.3 Å². The number of amidine groups is 1. The van der Waals surface area contributed by atoms with Gasteiger partial charge in [-0.1, -0.05) is 0 Å². The van der Waals surface area contributed by atoms with Crippen molar-refractivity contribution in [3.63, 3.8) is 0 Å². The van der Waals surface area contributed by atoms with E-state index in [1.54, 1.807) is 44.3 Å². The van der Waals surface area contributed by atoms with E-state index in [-0.39, 0.29) is 12.4 Å². The highest BCUT2D eigenvalue weighted by Crippen LogP contribution is 2.23.